The van der Waals surface area contributed by atoms with Crippen LogP contribution in [0.3, 0.4) is 0 Å². The van der Waals surface area contributed by atoms with Gasteiger partial charge < -0.3 is 4.74 Å². The van der Waals surface area contributed by atoms with Gasteiger partial charge in [-0.15, -0.1) is 0 Å². The number of ether oxygens (including phenoxy) is 1. The zero-order valence-electron chi connectivity index (χ0n) is 8.10. The van der Waals surface area contributed by atoms with Crippen molar-refractivity contribution in [1.29, 1.82) is 0 Å². The van der Waals surface area contributed by atoms with Crippen LogP contribution in [0.25, 0.3) is 0 Å². The van der Waals surface area contributed by atoms with E-state index in [9.17, 15) is 4.79 Å². The molecule has 0 spiro atoms. The Balaban J connectivity index is 2.36. The molecule has 0 atom stereocenters. The van der Waals surface area contributed by atoms with Gasteiger partial charge in [0.05, 0.1) is 18.6 Å². The number of thioether (sulfide) groups is 1. The maximum atomic E-state index is 11.6. The number of methoxy groups -OCH3 is 1. The first-order valence-electron chi connectivity index (χ1n) is 4.36. The van der Waals surface area contributed by atoms with E-state index in [0.717, 1.165) is 11.4 Å². The highest BCUT2D eigenvalue weighted by molar-refractivity contribution is 8.24. The molecule has 1 fully saturated rings. The topological polar surface area (TPSA) is 29.5 Å². The molecule has 1 saturated heterocycles. The van der Waals surface area contributed by atoms with Crippen LogP contribution in [-0.4, -0.2) is 23.1 Å². The van der Waals surface area contributed by atoms with E-state index in [-0.39, 0.29) is 5.91 Å². The molecular formula is C10H9NO2S2. The zero-order valence-corrected chi connectivity index (χ0v) is 9.73. The van der Waals surface area contributed by atoms with Crippen LogP contribution >= 0.6 is 24.0 Å². The van der Waals surface area contributed by atoms with E-state index in [0.29, 0.717) is 10.1 Å². The Morgan fingerprint density at radius 1 is 1.53 bits per heavy atom. The standard InChI is InChI=1S/C10H9NO2S2/c1-13-8-4-2-3-7(5-8)11-9(12)6-15-10(11)14/h2-5H,6H2,1H3. The molecule has 0 saturated carbocycles. The number of nitrogens with zero attached hydrogens (tertiary/aromatic N) is 1. The van der Waals surface area contributed by atoms with Gasteiger partial charge in [0.15, 0.2) is 0 Å². The van der Waals surface area contributed by atoms with Gasteiger partial charge in [-0.2, -0.15) is 0 Å². The van der Waals surface area contributed by atoms with E-state index in [1.165, 1.54) is 11.8 Å². The van der Waals surface area contributed by atoms with Gasteiger partial charge in [-0.25, -0.2) is 0 Å². The Morgan fingerprint density at radius 2 is 2.33 bits per heavy atom. The summed E-state index contributed by atoms with van der Waals surface area (Å²) < 4.78 is 5.70. The minimum absolute atomic E-state index is 0.0262. The number of carbonyl (C=O) groups is 1. The van der Waals surface area contributed by atoms with Crippen molar-refractivity contribution in [2.24, 2.45) is 0 Å². The third kappa shape index (κ3) is 1.98. The monoisotopic (exact) mass is 239 g/mol. The van der Waals surface area contributed by atoms with Gasteiger partial charge in [-0.1, -0.05) is 30.0 Å². The van der Waals surface area contributed by atoms with Gasteiger partial charge >= 0.3 is 0 Å². The molecule has 1 amide bonds. The third-order valence-electron chi connectivity index (χ3n) is 2.06. The van der Waals surface area contributed by atoms with Gasteiger partial charge in [0.25, 0.3) is 0 Å². The molecule has 78 valence electrons. The average Bonchev–Trinajstić information content (AvgIpc) is 2.59. The van der Waals surface area contributed by atoms with Crippen LogP contribution in [0.15, 0.2) is 24.3 Å². The molecule has 1 heterocycles. The Bertz CT molecular complexity index is 404. The highest BCUT2D eigenvalue weighted by Gasteiger charge is 2.28. The van der Waals surface area contributed by atoms with Crippen molar-refractivity contribution in [2.45, 2.75) is 0 Å². The largest absolute Gasteiger partial charge is 0.497 e. The van der Waals surface area contributed by atoms with Crippen molar-refractivity contribution >= 4 is 39.9 Å². The van der Waals surface area contributed by atoms with Crippen LogP contribution in [-0.2, 0) is 4.79 Å². The molecule has 1 aromatic rings. The summed E-state index contributed by atoms with van der Waals surface area (Å²) in [6.45, 7) is 0. The minimum Gasteiger partial charge on any atom is -0.497 e. The summed E-state index contributed by atoms with van der Waals surface area (Å²) in [4.78, 5) is 13.1. The smallest absolute Gasteiger partial charge is 0.243 e. The van der Waals surface area contributed by atoms with Crippen molar-refractivity contribution in [1.82, 2.24) is 0 Å². The van der Waals surface area contributed by atoms with Crippen molar-refractivity contribution in [2.75, 3.05) is 17.8 Å². The first-order chi connectivity index (χ1) is 7.22. The second-order valence-electron chi connectivity index (χ2n) is 2.99. The zero-order chi connectivity index (χ0) is 10.8. The molecular weight excluding hydrogens is 230 g/mol. The molecule has 0 aromatic heterocycles. The van der Waals surface area contributed by atoms with E-state index in [1.54, 1.807) is 18.1 Å². The van der Waals surface area contributed by atoms with Crippen LogP contribution in [0.4, 0.5) is 5.69 Å². The number of carbonyl (C=O) groups excluding carboxylic acids is 1. The molecule has 0 N–H and O–H groups in total. The number of hydrogen-bond acceptors (Lipinski definition) is 4. The Kier molecular flexibility index (Phi) is 2.93. The molecule has 1 aromatic carbocycles. The summed E-state index contributed by atoms with van der Waals surface area (Å²) in [7, 11) is 1.60. The molecule has 0 radical (unpaired) electrons. The van der Waals surface area contributed by atoms with Gasteiger partial charge in [0.1, 0.15) is 10.1 Å². The number of rotatable bonds is 2. The predicted molar refractivity (Wildman–Crippen MR) is 65.5 cm³/mol. The minimum atomic E-state index is 0.0262. The molecule has 1 aliphatic rings. The number of benzene rings is 1. The van der Waals surface area contributed by atoms with Crippen LogP contribution in [0, 0.1) is 0 Å². The summed E-state index contributed by atoms with van der Waals surface area (Å²) in [6, 6.07) is 7.32. The SMILES string of the molecule is COc1cccc(N2C(=O)CSC2=S)c1. The number of amides is 1. The number of hydrogen-bond donors (Lipinski definition) is 0. The lowest BCUT2D eigenvalue weighted by Gasteiger charge is -2.15. The van der Waals surface area contributed by atoms with E-state index in [2.05, 4.69) is 0 Å². The Morgan fingerprint density at radius 3 is 2.93 bits per heavy atom. The lowest BCUT2D eigenvalue weighted by atomic mass is 10.3. The van der Waals surface area contributed by atoms with Crippen molar-refractivity contribution in [3.8, 4) is 5.75 Å². The highest BCUT2D eigenvalue weighted by atomic mass is 32.2. The molecule has 2 rings (SSSR count). The molecule has 0 aliphatic carbocycles. The summed E-state index contributed by atoms with van der Waals surface area (Å²) in [5.41, 5.74) is 0.773. The van der Waals surface area contributed by atoms with Crippen LogP contribution in [0.2, 0.25) is 0 Å². The molecule has 3 nitrogen and oxygen atoms in total. The van der Waals surface area contributed by atoms with E-state index >= 15 is 0 Å². The van der Waals surface area contributed by atoms with E-state index < -0.39 is 0 Å². The first-order valence-corrected chi connectivity index (χ1v) is 5.75. The fourth-order valence-electron chi connectivity index (χ4n) is 1.35. The first kappa shape index (κ1) is 10.4. The Labute approximate surface area is 97.4 Å². The molecule has 0 bridgehead atoms. The van der Waals surface area contributed by atoms with Crippen LogP contribution in [0.5, 0.6) is 5.75 Å². The Hall–Kier alpha value is -1.07. The molecule has 15 heavy (non-hydrogen) atoms. The molecule has 0 unspecified atom stereocenters. The van der Waals surface area contributed by atoms with Crippen LogP contribution in [0.1, 0.15) is 0 Å². The van der Waals surface area contributed by atoms with Gasteiger partial charge in [-0.05, 0) is 12.1 Å². The maximum absolute atomic E-state index is 11.6. The summed E-state index contributed by atoms with van der Waals surface area (Å²) in [5, 5.41) is 0. The summed E-state index contributed by atoms with van der Waals surface area (Å²) in [6.07, 6.45) is 0. The highest BCUT2D eigenvalue weighted by Crippen LogP contribution is 2.28. The van der Waals surface area contributed by atoms with Gasteiger partial charge in [0.2, 0.25) is 5.91 Å². The quantitative estimate of drug-likeness (QED) is 0.739. The van der Waals surface area contributed by atoms with Crippen molar-refractivity contribution in [3.05, 3.63) is 24.3 Å². The predicted octanol–water partition coefficient (Wildman–Crippen LogP) is 2.06. The lowest BCUT2D eigenvalue weighted by molar-refractivity contribution is -0.115. The summed E-state index contributed by atoms with van der Waals surface area (Å²) >= 11 is 6.50. The maximum Gasteiger partial charge on any atom is 0.243 e. The van der Waals surface area contributed by atoms with Crippen molar-refractivity contribution < 1.29 is 9.53 Å². The fraction of sp³-hybridized carbons (Fsp3) is 0.200. The second kappa shape index (κ2) is 4.20. The fourth-order valence-corrected chi connectivity index (χ4v) is 2.45. The van der Waals surface area contributed by atoms with E-state index in [1.807, 2.05) is 18.2 Å². The second-order valence-corrected chi connectivity index (χ2v) is 4.59. The summed E-state index contributed by atoms with van der Waals surface area (Å²) in [5.74, 6) is 1.18. The molecule has 5 heteroatoms. The molecule has 1 aliphatic heterocycles. The normalized spacial score (nSPS) is 15.9. The van der Waals surface area contributed by atoms with E-state index in [4.69, 9.17) is 17.0 Å². The van der Waals surface area contributed by atoms with Gasteiger partial charge in [0, 0.05) is 6.07 Å². The number of anilines is 1. The number of thiocarbonyl (C=S) groups is 1. The van der Waals surface area contributed by atoms with Crippen LogP contribution < -0.4 is 9.64 Å². The average molecular weight is 239 g/mol. The third-order valence-corrected chi connectivity index (χ3v) is 3.42. The van der Waals surface area contributed by atoms with Crippen molar-refractivity contribution in [3.63, 3.8) is 0 Å². The van der Waals surface area contributed by atoms with Gasteiger partial charge in [-0.3, -0.25) is 9.69 Å². The lowest BCUT2D eigenvalue weighted by Crippen LogP contribution is -2.27.